The van der Waals surface area contributed by atoms with Crippen molar-refractivity contribution in [2.75, 3.05) is 5.43 Å². The fourth-order valence-corrected chi connectivity index (χ4v) is 1.88. The van der Waals surface area contributed by atoms with Crippen LogP contribution in [0.2, 0.25) is 0 Å². The quantitative estimate of drug-likeness (QED) is 0.583. The van der Waals surface area contributed by atoms with E-state index in [0.29, 0.717) is 23.6 Å². The fraction of sp³-hybridized carbons (Fsp3) is 0.231. The maximum atomic E-state index is 13.3. The van der Waals surface area contributed by atoms with Crippen LogP contribution in [-0.4, -0.2) is 15.1 Å². The molecule has 1 heterocycles. The number of phenolic OH excluding ortho intramolecular Hbond substituents is 1. The third-order valence-electron chi connectivity index (χ3n) is 2.86. The number of hydrogen-bond acceptors (Lipinski definition) is 5. The van der Waals surface area contributed by atoms with Crippen LogP contribution in [0.1, 0.15) is 18.2 Å². The van der Waals surface area contributed by atoms with Gasteiger partial charge in [0.1, 0.15) is 17.4 Å². The van der Waals surface area contributed by atoms with Crippen molar-refractivity contribution in [1.29, 1.82) is 0 Å². The molecule has 0 saturated heterocycles. The van der Waals surface area contributed by atoms with Gasteiger partial charge in [0.05, 0.1) is 0 Å². The molecule has 4 N–H and O–H groups in total. The van der Waals surface area contributed by atoms with E-state index in [-0.39, 0.29) is 5.75 Å². The number of nitrogens with one attached hydrogen (secondary N) is 1. The van der Waals surface area contributed by atoms with Gasteiger partial charge in [0.15, 0.2) is 5.82 Å². The van der Waals surface area contributed by atoms with E-state index >= 15 is 0 Å². The number of aromatic nitrogens is 2. The Morgan fingerprint density at radius 3 is 2.63 bits per heavy atom. The molecule has 0 saturated carbocycles. The van der Waals surface area contributed by atoms with Crippen molar-refractivity contribution >= 4 is 5.82 Å². The highest BCUT2D eigenvalue weighted by molar-refractivity contribution is 5.61. The van der Waals surface area contributed by atoms with E-state index in [0.717, 1.165) is 17.3 Å². The number of nitrogens with two attached hydrogens (primary N) is 1. The molecule has 100 valence electrons. The van der Waals surface area contributed by atoms with E-state index in [1.807, 2.05) is 13.8 Å². The number of halogens is 1. The van der Waals surface area contributed by atoms with Crippen molar-refractivity contribution in [3.05, 3.63) is 35.3 Å². The van der Waals surface area contributed by atoms with Gasteiger partial charge in [0.25, 0.3) is 0 Å². The molecule has 0 aliphatic carbocycles. The van der Waals surface area contributed by atoms with Crippen LogP contribution < -0.4 is 11.3 Å². The summed E-state index contributed by atoms with van der Waals surface area (Å²) in [7, 11) is 0. The molecule has 1 aromatic carbocycles. The molecule has 0 aliphatic rings. The van der Waals surface area contributed by atoms with E-state index in [4.69, 9.17) is 5.84 Å². The van der Waals surface area contributed by atoms with Crippen molar-refractivity contribution in [3.63, 3.8) is 0 Å². The van der Waals surface area contributed by atoms with Crippen LogP contribution in [0.15, 0.2) is 18.2 Å². The lowest BCUT2D eigenvalue weighted by molar-refractivity contribution is 0.469. The Morgan fingerprint density at radius 1 is 1.32 bits per heavy atom. The predicted molar refractivity (Wildman–Crippen MR) is 71.0 cm³/mol. The van der Waals surface area contributed by atoms with Gasteiger partial charge < -0.3 is 10.5 Å². The van der Waals surface area contributed by atoms with E-state index in [1.165, 1.54) is 12.1 Å². The standard InChI is InChI=1S/C13H15FN4O/c1-3-11-7(2)12(18-15)17-13(16-11)8-4-9(14)6-10(19)5-8/h4-6,19H,3,15H2,1-2H3,(H,16,17,18). The summed E-state index contributed by atoms with van der Waals surface area (Å²) < 4.78 is 13.3. The van der Waals surface area contributed by atoms with Gasteiger partial charge in [-0.05, 0) is 25.5 Å². The van der Waals surface area contributed by atoms with Crippen molar-refractivity contribution in [2.24, 2.45) is 5.84 Å². The number of hydrogen-bond donors (Lipinski definition) is 3. The molecular weight excluding hydrogens is 247 g/mol. The Hall–Kier alpha value is -2.21. The Morgan fingerprint density at radius 2 is 2.05 bits per heavy atom. The molecule has 0 aliphatic heterocycles. The second kappa shape index (κ2) is 5.19. The highest BCUT2D eigenvalue weighted by Gasteiger charge is 2.12. The minimum atomic E-state index is -0.542. The van der Waals surface area contributed by atoms with E-state index in [9.17, 15) is 9.50 Å². The number of hydrazine groups is 1. The molecule has 2 rings (SSSR count). The van der Waals surface area contributed by atoms with Crippen molar-refractivity contribution in [2.45, 2.75) is 20.3 Å². The molecule has 0 fully saturated rings. The first kappa shape index (κ1) is 13.2. The van der Waals surface area contributed by atoms with Crippen molar-refractivity contribution in [3.8, 4) is 17.1 Å². The van der Waals surface area contributed by atoms with Crippen molar-refractivity contribution in [1.82, 2.24) is 9.97 Å². The third-order valence-corrected chi connectivity index (χ3v) is 2.86. The summed E-state index contributed by atoms with van der Waals surface area (Å²) in [4.78, 5) is 8.59. The Balaban J connectivity index is 2.61. The van der Waals surface area contributed by atoms with Crippen LogP contribution in [0.3, 0.4) is 0 Å². The molecule has 0 atom stereocenters. The zero-order chi connectivity index (χ0) is 14.0. The van der Waals surface area contributed by atoms with Crippen LogP contribution in [0.5, 0.6) is 5.75 Å². The lowest BCUT2D eigenvalue weighted by atomic mass is 10.1. The second-order valence-electron chi connectivity index (χ2n) is 4.16. The molecular formula is C13H15FN4O. The normalized spacial score (nSPS) is 10.5. The van der Waals surface area contributed by atoms with Gasteiger partial charge in [-0.1, -0.05) is 6.92 Å². The van der Waals surface area contributed by atoms with Gasteiger partial charge >= 0.3 is 0 Å². The topological polar surface area (TPSA) is 84.1 Å². The number of aryl methyl sites for hydroxylation is 1. The van der Waals surface area contributed by atoms with E-state index < -0.39 is 5.82 Å². The van der Waals surface area contributed by atoms with E-state index in [1.54, 1.807) is 0 Å². The molecule has 5 nitrogen and oxygen atoms in total. The van der Waals surface area contributed by atoms with Crippen LogP contribution in [0.25, 0.3) is 11.4 Å². The molecule has 0 radical (unpaired) electrons. The first-order valence-electron chi connectivity index (χ1n) is 5.89. The summed E-state index contributed by atoms with van der Waals surface area (Å²) in [5.41, 5.74) is 4.59. The lowest BCUT2D eigenvalue weighted by Gasteiger charge is -2.11. The highest BCUT2D eigenvalue weighted by Crippen LogP contribution is 2.25. The summed E-state index contributed by atoms with van der Waals surface area (Å²) in [6.07, 6.45) is 0.706. The van der Waals surface area contributed by atoms with Gasteiger partial charge in [-0.15, -0.1) is 0 Å². The van der Waals surface area contributed by atoms with Crippen LogP contribution in [0, 0.1) is 12.7 Å². The molecule has 1 aromatic heterocycles. The second-order valence-corrected chi connectivity index (χ2v) is 4.16. The monoisotopic (exact) mass is 262 g/mol. The summed E-state index contributed by atoms with van der Waals surface area (Å²) >= 11 is 0. The zero-order valence-corrected chi connectivity index (χ0v) is 10.7. The summed E-state index contributed by atoms with van der Waals surface area (Å²) in [6.45, 7) is 3.82. The maximum Gasteiger partial charge on any atom is 0.162 e. The Labute approximate surface area is 110 Å². The molecule has 2 aromatic rings. The SMILES string of the molecule is CCc1nc(-c2cc(O)cc(F)c2)nc(NN)c1C. The lowest BCUT2D eigenvalue weighted by Crippen LogP contribution is -2.13. The van der Waals surface area contributed by atoms with Crippen molar-refractivity contribution < 1.29 is 9.50 Å². The van der Waals surface area contributed by atoms with Gasteiger partial charge in [0, 0.05) is 22.9 Å². The van der Waals surface area contributed by atoms with Crippen LogP contribution in [-0.2, 0) is 6.42 Å². The summed E-state index contributed by atoms with van der Waals surface area (Å²) in [5, 5.41) is 9.43. The van der Waals surface area contributed by atoms with Crippen LogP contribution in [0.4, 0.5) is 10.2 Å². The number of aromatic hydroxyl groups is 1. The summed E-state index contributed by atoms with van der Waals surface area (Å²) in [6, 6.07) is 3.71. The highest BCUT2D eigenvalue weighted by atomic mass is 19.1. The van der Waals surface area contributed by atoms with Gasteiger partial charge in [-0.25, -0.2) is 20.2 Å². The van der Waals surface area contributed by atoms with E-state index in [2.05, 4.69) is 15.4 Å². The number of phenols is 1. The average molecular weight is 262 g/mol. The smallest absolute Gasteiger partial charge is 0.162 e. The molecule has 19 heavy (non-hydrogen) atoms. The largest absolute Gasteiger partial charge is 0.508 e. The average Bonchev–Trinajstić information content (AvgIpc) is 2.37. The number of nitrogens with zero attached hydrogens (tertiary/aromatic N) is 2. The molecule has 0 bridgehead atoms. The third kappa shape index (κ3) is 2.63. The Bertz CT molecular complexity index is 570. The minimum absolute atomic E-state index is 0.167. The molecule has 0 unspecified atom stereocenters. The number of benzene rings is 1. The first-order valence-corrected chi connectivity index (χ1v) is 5.89. The van der Waals surface area contributed by atoms with Gasteiger partial charge in [-0.3, -0.25) is 0 Å². The predicted octanol–water partition coefficient (Wildman–Crippen LogP) is 2.14. The number of anilines is 1. The van der Waals surface area contributed by atoms with Crippen LogP contribution >= 0.6 is 0 Å². The summed E-state index contributed by atoms with van der Waals surface area (Å²) in [5.74, 6) is 5.52. The zero-order valence-electron chi connectivity index (χ0n) is 10.7. The van der Waals surface area contributed by atoms with Gasteiger partial charge in [-0.2, -0.15) is 0 Å². The molecule has 0 amide bonds. The van der Waals surface area contributed by atoms with Gasteiger partial charge in [0.2, 0.25) is 0 Å². The Kier molecular flexibility index (Phi) is 3.62. The number of rotatable bonds is 3. The number of nitrogen functional groups attached to an aromatic ring is 1. The molecule has 0 spiro atoms. The maximum absolute atomic E-state index is 13.3. The minimum Gasteiger partial charge on any atom is -0.508 e. The fourth-order valence-electron chi connectivity index (χ4n) is 1.88. The first-order chi connectivity index (χ1) is 9.05. The molecule has 6 heteroatoms.